The molecule has 156 valence electrons. The van der Waals surface area contributed by atoms with Crippen molar-refractivity contribution >= 4 is 33.4 Å². The van der Waals surface area contributed by atoms with Crippen LogP contribution >= 0.6 is 27.5 Å². The van der Waals surface area contributed by atoms with E-state index in [-0.39, 0.29) is 34.6 Å². The molecule has 1 N–H and O–H groups in total. The molecule has 1 amide bonds. The number of nitrogens with zero attached hydrogens (tertiary/aromatic N) is 4. The van der Waals surface area contributed by atoms with Gasteiger partial charge in [-0.3, -0.25) is 9.36 Å². The zero-order chi connectivity index (χ0) is 22.0. The van der Waals surface area contributed by atoms with Crippen molar-refractivity contribution in [1.82, 2.24) is 14.0 Å². The lowest BCUT2D eigenvalue weighted by Gasteiger charge is -2.27. The second-order valence-electron chi connectivity index (χ2n) is 7.75. The fraction of sp³-hybridized carbons (Fsp3) is 0.227. The molecule has 2 bridgehead atoms. The molecule has 2 aromatic carbocycles. The summed E-state index contributed by atoms with van der Waals surface area (Å²) >= 11 is 9.67. The Balaban J connectivity index is 1.60. The quantitative estimate of drug-likeness (QED) is 0.575. The summed E-state index contributed by atoms with van der Waals surface area (Å²) in [7, 11) is 0. The molecule has 2 atom stereocenters. The first kappa shape index (κ1) is 19.9. The number of hydrogen-bond donors (Lipinski definition) is 1. The van der Waals surface area contributed by atoms with Crippen molar-refractivity contribution in [3.05, 3.63) is 78.8 Å². The minimum Gasteiger partial charge on any atom is -0.493 e. The lowest BCUT2D eigenvalue weighted by Crippen LogP contribution is -2.37. The number of nitriles is 1. The highest BCUT2D eigenvalue weighted by atomic mass is 79.9. The average Bonchev–Trinajstić information content (AvgIpc) is 3.41. The predicted molar refractivity (Wildman–Crippen MR) is 118 cm³/mol. The molecule has 0 aliphatic carbocycles. The maximum atomic E-state index is 13.2. The van der Waals surface area contributed by atoms with Crippen LogP contribution in [0.2, 0.25) is 5.02 Å². The lowest BCUT2D eigenvalue weighted by atomic mass is 10.1. The minimum absolute atomic E-state index is 0.141. The summed E-state index contributed by atoms with van der Waals surface area (Å²) in [5.74, 6) is -0.342. The van der Waals surface area contributed by atoms with Gasteiger partial charge in [0.2, 0.25) is 5.88 Å². The van der Waals surface area contributed by atoms with Gasteiger partial charge >= 0.3 is 5.69 Å². The van der Waals surface area contributed by atoms with Crippen LogP contribution in [0.5, 0.6) is 5.88 Å². The van der Waals surface area contributed by atoms with Crippen LogP contribution in [-0.2, 0) is 0 Å². The Bertz CT molecular complexity index is 1370. The van der Waals surface area contributed by atoms with Crippen molar-refractivity contribution in [3.63, 3.8) is 0 Å². The largest absolute Gasteiger partial charge is 0.493 e. The second-order valence-corrected chi connectivity index (χ2v) is 9.05. The van der Waals surface area contributed by atoms with Crippen molar-refractivity contribution in [2.75, 3.05) is 6.54 Å². The Labute approximate surface area is 190 Å². The van der Waals surface area contributed by atoms with E-state index in [1.807, 2.05) is 12.1 Å². The number of aromatic nitrogens is 2. The van der Waals surface area contributed by atoms with Crippen LogP contribution in [0.25, 0.3) is 5.69 Å². The van der Waals surface area contributed by atoms with E-state index in [0.29, 0.717) is 41.0 Å². The molecule has 1 unspecified atom stereocenters. The lowest BCUT2D eigenvalue weighted by molar-refractivity contribution is 0.0711. The molecule has 9 heteroatoms. The van der Waals surface area contributed by atoms with Gasteiger partial charge in [0.1, 0.15) is 11.8 Å². The third-order valence-electron chi connectivity index (χ3n) is 6.11. The van der Waals surface area contributed by atoms with E-state index < -0.39 is 0 Å². The summed E-state index contributed by atoms with van der Waals surface area (Å²) in [6, 6.07) is 11.7. The van der Waals surface area contributed by atoms with Crippen molar-refractivity contribution in [2.24, 2.45) is 0 Å². The smallest absolute Gasteiger partial charge is 0.336 e. The first-order valence-electron chi connectivity index (χ1n) is 9.65. The fourth-order valence-electron chi connectivity index (χ4n) is 4.68. The molecule has 3 heterocycles. The normalized spacial score (nSPS) is 18.8. The molecule has 2 aliphatic heterocycles. The number of likely N-dealkylation sites (tertiary alicyclic amines) is 1. The van der Waals surface area contributed by atoms with Gasteiger partial charge in [-0.25, -0.2) is 9.36 Å². The van der Waals surface area contributed by atoms with Crippen LogP contribution in [-0.4, -0.2) is 31.6 Å². The molecular formula is C22H16BrClN4O3. The first-order valence-corrected chi connectivity index (χ1v) is 10.8. The summed E-state index contributed by atoms with van der Waals surface area (Å²) in [5.41, 5.74) is 1.84. The highest BCUT2D eigenvalue weighted by molar-refractivity contribution is 9.10. The Morgan fingerprint density at radius 1 is 1.32 bits per heavy atom. The van der Waals surface area contributed by atoms with E-state index in [2.05, 4.69) is 15.9 Å². The summed E-state index contributed by atoms with van der Waals surface area (Å²) in [4.78, 5) is 28.1. The number of amides is 1. The maximum absolute atomic E-state index is 13.2. The standard InChI is InChI=1S/C22H16BrClN4O3/c1-11-16(6-5-13(9-25)18(11)24)28-21(30)19-17-8-15(27(19)22(28)31)10-26(17)20(29)12-3-2-4-14(23)7-12/h2-7,15,17,30H,8,10H2,1H3/t15-,17?/m1/s1. The number of fused-ring (bicyclic) bond motifs is 5. The van der Waals surface area contributed by atoms with E-state index in [9.17, 15) is 20.0 Å². The number of aromatic hydroxyl groups is 1. The number of benzene rings is 2. The molecule has 7 nitrogen and oxygen atoms in total. The Hall–Kier alpha value is -3.02. The van der Waals surface area contributed by atoms with Gasteiger partial charge in [0.15, 0.2) is 0 Å². The molecule has 0 radical (unpaired) electrons. The number of imidazole rings is 1. The zero-order valence-corrected chi connectivity index (χ0v) is 18.7. The van der Waals surface area contributed by atoms with Gasteiger partial charge in [0, 0.05) is 16.6 Å². The Kier molecular flexibility index (Phi) is 4.50. The SMILES string of the molecule is Cc1c(-n2c(O)c3n(c2=O)[C@@H]2CC3N(C(=O)c3cccc(Br)c3)C2)ccc(C#N)c1Cl. The van der Waals surface area contributed by atoms with Gasteiger partial charge < -0.3 is 10.0 Å². The fourth-order valence-corrected chi connectivity index (χ4v) is 5.28. The number of halogens is 2. The van der Waals surface area contributed by atoms with Crippen molar-refractivity contribution in [1.29, 1.82) is 5.26 Å². The van der Waals surface area contributed by atoms with Gasteiger partial charge in [-0.2, -0.15) is 5.26 Å². The highest BCUT2D eigenvalue weighted by Crippen LogP contribution is 2.49. The van der Waals surface area contributed by atoms with Crippen LogP contribution in [0.4, 0.5) is 0 Å². The minimum atomic E-state index is -0.389. The van der Waals surface area contributed by atoms with Crippen molar-refractivity contribution < 1.29 is 9.90 Å². The Morgan fingerprint density at radius 3 is 2.81 bits per heavy atom. The van der Waals surface area contributed by atoms with Gasteiger partial charge in [-0.05, 0) is 49.2 Å². The third kappa shape index (κ3) is 2.77. The van der Waals surface area contributed by atoms with Crippen LogP contribution in [0.3, 0.4) is 0 Å². The summed E-state index contributed by atoms with van der Waals surface area (Å²) in [5, 5.41) is 20.5. The molecule has 1 aromatic heterocycles. The van der Waals surface area contributed by atoms with E-state index in [0.717, 1.165) is 4.47 Å². The molecule has 31 heavy (non-hydrogen) atoms. The maximum Gasteiger partial charge on any atom is 0.336 e. The Morgan fingerprint density at radius 2 is 2.10 bits per heavy atom. The first-order chi connectivity index (χ1) is 14.8. The van der Waals surface area contributed by atoms with Crippen LogP contribution in [0.1, 0.15) is 45.7 Å². The number of carbonyl (C=O) groups is 1. The average molecular weight is 500 g/mol. The number of carbonyl (C=O) groups excluding carboxylic acids is 1. The highest BCUT2D eigenvalue weighted by Gasteiger charge is 2.49. The van der Waals surface area contributed by atoms with Gasteiger partial charge in [-0.15, -0.1) is 0 Å². The van der Waals surface area contributed by atoms with E-state index in [4.69, 9.17) is 11.6 Å². The van der Waals surface area contributed by atoms with E-state index in [1.54, 1.807) is 40.7 Å². The zero-order valence-electron chi connectivity index (χ0n) is 16.3. The van der Waals surface area contributed by atoms with E-state index in [1.165, 1.54) is 10.6 Å². The van der Waals surface area contributed by atoms with Crippen LogP contribution in [0, 0.1) is 18.3 Å². The van der Waals surface area contributed by atoms with Crippen molar-refractivity contribution in [2.45, 2.75) is 25.4 Å². The molecule has 3 aromatic rings. The van der Waals surface area contributed by atoms with Crippen molar-refractivity contribution in [3.8, 4) is 17.6 Å². The number of rotatable bonds is 2. The second kappa shape index (κ2) is 7.01. The monoisotopic (exact) mass is 498 g/mol. The molecule has 2 aliphatic rings. The predicted octanol–water partition coefficient (Wildman–Crippen LogP) is 4.08. The molecule has 0 spiro atoms. The van der Waals surface area contributed by atoms with Gasteiger partial charge in [0.25, 0.3) is 5.91 Å². The molecule has 1 fully saturated rings. The number of hydrogen-bond acceptors (Lipinski definition) is 4. The third-order valence-corrected chi connectivity index (χ3v) is 7.09. The van der Waals surface area contributed by atoms with Gasteiger partial charge in [0.05, 0.1) is 28.4 Å². The topological polar surface area (TPSA) is 91.3 Å². The van der Waals surface area contributed by atoms with Crippen LogP contribution in [0.15, 0.2) is 45.7 Å². The molecular weight excluding hydrogens is 484 g/mol. The molecule has 0 saturated carbocycles. The summed E-state index contributed by atoms with van der Waals surface area (Å²) in [6.45, 7) is 2.10. The summed E-state index contributed by atoms with van der Waals surface area (Å²) < 4.78 is 3.60. The van der Waals surface area contributed by atoms with Gasteiger partial charge in [-0.1, -0.05) is 33.6 Å². The van der Waals surface area contributed by atoms with Crippen LogP contribution < -0.4 is 5.69 Å². The van der Waals surface area contributed by atoms with E-state index >= 15 is 0 Å². The summed E-state index contributed by atoms with van der Waals surface area (Å²) in [6.07, 6.45) is 0.589. The molecule has 5 rings (SSSR count). The molecule has 1 saturated heterocycles.